The van der Waals surface area contributed by atoms with E-state index >= 15 is 0 Å². The maximum absolute atomic E-state index is 12.4. The third kappa shape index (κ3) is 3.91. The summed E-state index contributed by atoms with van der Waals surface area (Å²) in [6.07, 6.45) is 2.21. The van der Waals surface area contributed by atoms with Crippen molar-refractivity contribution in [3.05, 3.63) is 41.1 Å². The minimum Gasteiger partial charge on any atom is -0.466 e. The zero-order valence-electron chi connectivity index (χ0n) is 17.0. The van der Waals surface area contributed by atoms with E-state index in [1.54, 1.807) is 4.90 Å². The fourth-order valence-electron chi connectivity index (χ4n) is 3.79. The van der Waals surface area contributed by atoms with Crippen LogP contribution in [0.3, 0.4) is 0 Å². The lowest BCUT2D eigenvalue weighted by Crippen LogP contribution is -2.39. The molecule has 1 saturated heterocycles. The van der Waals surface area contributed by atoms with Gasteiger partial charge in [-0.3, -0.25) is 0 Å². The summed E-state index contributed by atoms with van der Waals surface area (Å²) >= 11 is 0. The largest absolute Gasteiger partial charge is 0.466 e. The highest BCUT2D eigenvalue weighted by molar-refractivity contribution is 6.03. The SMILES string of the molecule is COC(=O)C1=C(C(=O)OC)N(c2ccc(C3(C)CCN(C)CC3)cc2)COC1. The number of esters is 2. The van der Waals surface area contributed by atoms with Crippen LogP contribution in [0.1, 0.15) is 25.3 Å². The van der Waals surface area contributed by atoms with Crippen molar-refractivity contribution < 1.29 is 23.8 Å². The van der Waals surface area contributed by atoms with Gasteiger partial charge in [-0.15, -0.1) is 0 Å². The Labute approximate surface area is 165 Å². The van der Waals surface area contributed by atoms with Crippen LogP contribution in [0.25, 0.3) is 0 Å². The van der Waals surface area contributed by atoms with Crippen LogP contribution in [0, 0.1) is 0 Å². The number of methoxy groups -OCH3 is 2. The zero-order valence-corrected chi connectivity index (χ0v) is 17.0. The molecule has 0 amide bonds. The van der Waals surface area contributed by atoms with Crippen LogP contribution in [0.4, 0.5) is 5.69 Å². The molecule has 1 aromatic rings. The summed E-state index contributed by atoms with van der Waals surface area (Å²) in [4.78, 5) is 28.5. The molecule has 2 heterocycles. The average molecular weight is 388 g/mol. The molecule has 3 rings (SSSR count). The highest BCUT2D eigenvalue weighted by Crippen LogP contribution is 2.36. The van der Waals surface area contributed by atoms with Crippen LogP contribution in [0.5, 0.6) is 0 Å². The van der Waals surface area contributed by atoms with Gasteiger partial charge in [-0.1, -0.05) is 19.1 Å². The van der Waals surface area contributed by atoms with Gasteiger partial charge < -0.3 is 24.0 Å². The van der Waals surface area contributed by atoms with Gasteiger partial charge in [0.05, 0.1) is 26.4 Å². The maximum Gasteiger partial charge on any atom is 0.355 e. The van der Waals surface area contributed by atoms with E-state index in [1.165, 1.54) is 19.8 Å². The predicted octanol–water partition coefficient (Wildman–Crippen LogP) is 2.06. The number of benzene rings is 1. The normalized spacial score (nSPS) is 20.1. The van der Waals surface area contributed by atoms with Crippen molar-refractivity contribution in [1.29, 1.82) is 0 Å². The Hall–Kier alpha value is -2.38. The number of anilines is 1. The summed E-state index contributed by atoms with van der Waals surface area (Å²) in [7, 11) is 4.72. The molecule has 0 aliphatic carbocycles. The number of rotatable bonds is 4. The molecule has 2 aliphatic rings. The Morgan fingerprint density at radius 2 is 1.64 bits per heavy atom. The number of carbonyl (C=O) groups is 2. The second kappa shape index (κ2) is 8.32. The molecular weight excluding hydrogens is 360 g/mol. The first kappa shape index (κ1) is 20.4. The van der Waals surface area contributed by atoms with Crippen molar-refractivity contribution >= 4 is 17.6 Å². The fraction of sp³-hybridized carbons (Fsp3) is 0.524. The summed E-state index contributed by atoms with van der Waals surface area (Å²) < 4.78 is 15.2. The molecule has 0 aromatic heterocycles. The maximum atomic E-state index is 12.4. The second-order valence-electron chi connectivity index (χ2n) is 7.63. The molecule has 0 unspecified atom stereocenters. The van der Waals surface area contributed by atoms with Gasteiger partial charge in [-0.05, 0) is 56.1 Å². The Kier molecular flexibility index (Phi) is 6.05. The smallest absolute Gasteiger partial charge is 0.355 e. The molecule has 0 N–H and O–H groups in total. The van der Waals surface area contributed by atoms with E-state index in [2.05, 4.69) is 31.0 Å². The monoisotopic (exact) mass is 388 g/mol. The summed E-state index contributed by atoms with van der Waals surface area (Å²) in [6.45, 7) is 4.63. The third-order valence-electron chi connectivity index (χ3n) is 5.80. The van der Waals surface area contributed by atoms with Gasteiger partial charge in [0.1, 0.15) is 12.4 Å². The fourth-order valence-corrected chi connectivity index (χ4v) is 3.79. The van der Waals surface area contributed by atoms with Crippen LogP contribution in [-0.2, 0) is 29.2 Å². The van der Waals surface area contributed by atoms with Crippen molar-refractivity contribution in [3.8, 4) is 0 Å². The van der Waals surface area contributed by atoms with Gasteiger partial charge in [0.15, 0.2) is 0 Å². The Bertz CT molecular complexity index is 764. The lowest BCUT2D eigenvalue weighted by Gasteiger charge is -2.38. The van der Waals surface area contributed by atoms with Crippen LogP contribution in [-0.4, -0.2) is 64.5 Å². The lowest BCUT2D eigenvalue weighted by atomic mass is 9.74. The number of hydrogen-bond donors (Lipinski definition) is 0. The van der Waals surface area contributed by atoms with Crippen LogP contribution < -0.4 is 4.90 Å². The van der Waals surface area contributed by atoms with E-state index in [4.69, 9.17) is 14.2 Å². The van der Waals surface area contributed by atoms with E-state index in [0.29, 0.717) is 0 Å². The number of nitrogens with zero attached hydrogens (tertiary/aromatic N) is 2. The van der Waals surface area contributed by atoms with Crippen molar-refractivity contribution in [2.75, 3.05) is 52.6 Å². The highest BCUT2D eigenvalue weighted by Gasteiger charge is 2.33. The minimum absolute atomic E-state index is 0.0112. The average Bonchev–Trinajstić information content (AvgIpc) is 2.74. The Morgan fingerprint density at radius 3 is 2.21 bits per heavy atom. The van der Waals surface area contributed by atoms with Crippen LogP contribution >= 0.6 is 0 Å². The Morgan fingerprint density at radius 1 is 1.04 bits per heavy atom. The molecule has 0 atom stereocenters. The standard InChI is InChI=1S/C21H28N2O5/c1-21(9-11-22(2)12-10-21)15-5-7-16(8-6-15)23-14-28-13-17(19(24)26-3)18(23)20(25)27-4/h5-8H,9-14H2,1-4H3. The summed E-state index contributed by atoms with van der Waals surface area (Å²) in [5.41, 5.74) is 2.51. The molecule has 28 heavy (non-hydrogen) atoms. The summed E-state index contributed by atoms with van der Waals surface area (Å²) in [5, 5.41) is 0. The molecule has 0 radical (unpaired) electrons. The van der Waals surface area contributed by atoms with E-state index < -0.39 is 11.9 Å². The molecule has 1 fully saturated rings. The number of likely N-dealkylation sites (tertiary alicyclic amines) is 1. The van der Waals surface area contributed by atoms with Gasteiger partial charge >= 0.3 is 11.9 Å². The first-order valence-corrected chi connectivity index (χ1v) is 9.44. The summed E-state index contributed by atoms with van der Waals surface area (Å²) in [5.74, 6) is -1.18. The number of carbonyl (C=O) groups excluding carboxylic acids is 2. The van der Waals surface area contributed by atoms with Crippen molar-refractivity contribution in [1.82, 2.24) is 4.90 Å². The molecule has 0 saturated carbocycles. The minimum atomic E-state index is -0.597. The molecule has 7 heteroatoms. The van der Waals surface area contributed by atoms with Gasteiger partial charge in [0, 0.05) is 5.69 Å². The molecule has 0 bridgehead atoms. The highest BCUT2D eigenvalue weighted by atomic mass is 16.5. The van der Waals surface area contributed by atoms with Gasteiger partial charge in [-0.2, -0.15) is 0 Å². The van der Waals surface area contributed by atoms with Crippen LogP contribution in [0.15, 0.2) is 35.5 Å². The first-order valence-electron chi connectivity index (χ1n) is 9.44. The van der Waals surface area contributed by atoms with Crippen molar-refractivity contribution in [3.63, 3.8) is 0 Å². The number of hydrogen-bond acceptors (Lipinski definition) is 7. The van der Waals surface area contributed by atoms with Gasteiger partial charge in [0.2, 0.25) is 0 Å². The number of ether oxygens (including phenoxy) is 3. The second-order valence-corrected chi connectivity index (χ2v) is 7.63. The molecule has 1 aromatic carbocycles. The third-order valence-corrected chi connectivity index (χ3v) is 5.80. The topological polar surface area (TPSA) is 68.3 Å². The van der Waals surface area contributed by atoms with Gasteiger partial charge in [0.25, 0.3) is 0 Å². The molecule has 152 valence electrons. The van der Waals surface area contributed by atoms with Gasteiger partial charge in [-0.25, -0.2) is 9.59 Å². The lowest BCUT2D eigenvalue weighted by molar-refractivity contribution is -0.140. The van der Waals surface area contributed by atoms with E-state index in [0.717, 1.165) is 31.6 Å². The molecule has 2 aliphatic heterocycles. The quantitative estimate of drug-likeness (QED) is 0.732. The molecule has 0 spiro atoms. The summed E-state index contributed by atoms with van der Waals surface area (Å²) in [6, 6.07) is 8.13. The molecular formula is C21H28N2O5. The van der Waals surface area contributed by atoms with Crippen molar-refractivity contribution in [2.45, 2.75) is 25.2 Å². The van der Waals surface area contributed by atoms with E-state index in [-0.39, 0.29) is 30.0 Å². The van der Waals surface area contributed by atoms with Crippen molar-refractivity contribution in [2.24, 2.45) is 0 Å². The number of piperidine rings is 1. The van der Waals surface area contributed by atoms with Crippen LogP contribution in [0.2, 0.25) is 0 Å². The predicted molar refractivity (Wildman–Crippen MR) is 105 cm³/mol. The first-order chi connectivity index (χ1) is 13.4. The van der Waals surface area contributed by atoms with E-state index in [1.807, 2.05) is 12.1 Å². The zero-order chi connectivity index (χ0) is 20.3. The Balaban J connectivity index is 1.91. The molecule has 7 nitrogen and oxygen atoms in total. The van der Waals surface area contributed by atoms with E-state index in [9.17, 15) is 9.59 Å².